The fourth-order valence-electron chi connectivity index (χ4n) is 1.81. The molecule has 96 valence electrons. The smallest absolute Gasteiger partial charge is 0.128 e. The van der Waals surface area contributed by atoms with Crippen LogP contribution >= 0.6 is 41.5 Å². The van der Waals surface area contributed by atoms with Crippen LogP contribution in [-0.2, 0) is 0 Å². The third-order valence-electron chi connectivity index (χ3n) is 2.75. The number of benzene rings is 1. The SMILES string of the molecule is COc1cc(C(C)C)c(SI)cc1-c1cscn1. The van der Waals surface area contributed by atoms with Crippen LogP contribution in [-0.4, -0.2) is 12.1 Å². The molecule has 0 saturated carbocycles. The Morgan fingerprint density at radius 2 is 2.17 bits per heavy atom. The van der Waals surface area contributed by atoms with Crippen LogP contribution in [0.2, 0.25) is 0 Å². The summed E-state index contributed by atoms with van der Waals surface area (Å²) in [5, 5.41) is 2.05. The highest BCUT2D eigenvalue weighted by molar-refractivity contribution is 14.2. The van der Waals surface area contributed by atoms with Gasteiger partial charge in [0.2, 0.25) is 0 Å². The topological polar surface area (TPSA) is 22.1 Å². The minimum atomic E-state index is 0.487. The van der Waals surface area contributed by atoms with Crippen molar-refractivity contribution in [2.75, 3.05) is 7.11 Å². The molecule has 1 heterocycles. The van der Waals surface area contributed by atoms with Crippen LogP contribution in [0.25, 0.3) is 11.3 Å². The number of nitrogens with zero attached hydrogens (tertiary/aromatic N) is 1. The second kappa shape index (κ2) is 6.25. The van der Waals surface area contributed by atoms with Crippen LogP contribution in [0.5, 0.6) is 5.75 Å². The first-order chi connectivity index (χ1) is 8.67. The number of hydrogen-bond acceptors (Lipinski definition) is 4. The number of halogens is 1. The van der Waals surface area contributed by atoms with E-state index in [2.05, 4.69) is 57.5 Å². The van der Waals surface area contributed by atoms with Gasteiger partial charge in [-0.05, 0) is 23.6 Å². The Balaban J connectivity index is 2.60. The maximum Gasteiger partial charge on any atom is 0.128 e. The van der Waals surface area contributed by atoms with Gasteiger partial charge in [-0.15, -0.1) is 11.3 Å². The quantitative estimate of drug-likeness (QED) is 0.653. The van der Waals surface area contributed by atoms with E-state index in [1.54, 1.807) is 27.4 Å². The third kappa shape index (κ3) is 2.83. The number of thiazole rings is 1. The highest BCUT2D eigenvalue weighted by atomic mass is 127. The molecule has 2 aromatic rings. The molecule has 5 heteroatoms. The molecule has 1 aromatic heterocycles. The van der Waals surface area contributed by atoms with Crippen LogP contribution in [0, 0.1) is 0 Å². The van der Waals surface area contributed by atoms with Crippen molar-refractivity contribution in [3.8, 4) is 17.0 Å². The molecule has 0 atom stereocenters. The van der Waals surface area contributed by atoms with Gasteiger partial charge in [0.15, 0.2) is 0 Å². The van der Waals surface area contributed by atoms with E-state index in [1.165, 1.54) is 10.5 Å². The van der Waals surface area contributed by atoms with Crippen molar-refractivity contribution in [3.05, 3.63) is 28.6 Å². The fraction of sp³-hybridized carbons (Fsp3) is 0.308. The van der Waals surface area contributed by atoms with Crippen molar-refractivity contribution in [3.63, 3.8) is 0 Å². The van der Waals surface area contributed by atoms with Gasteiger partial charge in [0.25, 0.3) is 0 Å². The Hall–Kier alpha value is -0.270. The predicted molar refractivity (Wildman–Crippen MR) is 88.1 cm³/mol. The largest absolute Gasteiger partial charge is 0.496 e. The van der Waals surface area contributed by atoms with Crippen molar-refractivity contribution >= 4 is 41.5 Å². The Bertz CT molecular complexity index is 526. The normalized spacial score (nSPS) is 10.9. The minimum absolute atomic E-state index is 0.487. The first-order valence-electron chi connectivity index (χ1n) is 5.56. The molecule has 0 bridgehead atoms. The van der Waals surface area contributed by atoms with E-state index in [9.17, 15) is 0 Å². The van der Waals surface area contributed by atoms with Gasteiger partial charge >= 0.3 is 0 Å². The summed E-state index contributed by atoms with van der Waals surface area (Å²) < 4.78 is 5.51. The maximum atomic E-state index is 5.51. The summed E-state index contributed by atoms with van der Waals surface area (Å²) in [6.07, 6.45) is 0. The zero-order valence-corrected chi connectivity index (χ0v) is 14.2. The molecule has 0 N–H and O–H groups in total. The van der Waals surface area contributed by atoms with Crippen LogP contribution in [0.3, 0.4) is 0 Å². The molecule has 2 nitrogen and oxygen atoms in total. The van der Waals surface area contributed by atoms with Gasteiger partial charge in [-0.2, -0.15) is 0 Å². The molecular formula is C13H14INOS2. The van der Waals surface area contributed by atoms with Crippen molar-refractivity contribution < 1.29 is 4.74 Å². The van der Waals surface area contributed by atoms with Gasteiger partial charge < -0.3 is 4.74 Å². The number of rotatable bonds is 4. The lowest BCUT2D eigenvalue weighted by Crippen LogP contribution is -1.95. The van der Waals surface area contributed by atoms with Crippen molar-refractivity contribution in [1.29, 1.82) is 0 Å². The predicted octanol–water partition coefficient (Wildman–Crippen LogP) is 5.38. The third-order valence-corrected chi connectivity index (χ3v) is 5.27. The van der Waals surface area contributed by atoms with Crippen molar-refractivity contribution in [2.45, 2.75) is 24.7 Å². The zero-order chi connectivity index (χ0) is 13.1. The maximum absolute atomic E-state index is 5.51. The van der Waals surface area contributed by atoms with Crippen LogP contribution in [0.4, 0.5) is 0 Å². The molecule has 0 aliphatic rings. The molecule has 0 spiro atoms. The average Bonchev–Trinajstić information content (AvgIpc) is 2.90. The zero-order valence-electron chi connectivity index (χ0n) is 10.4. The second-order valence-corrected chi connectivity index (χ2v) is 6.83. The molecule has 0 unspecified atom stereocenters. The molecule has 0 fully saturated rings. The Morgan fingerprint density at radius 1 is 1.39 bits per heavy atom. The molecule has 18 heavy (non-hydrogen) atoms. The molecular weight excluding hydrogens is 377 g/mol. The van der Waals surface area contributed by atoms with Crippen molar-refractivity contribution in [2.24, 2.45) is 0 Å². The first kappa shape index (κ1) is 14.1. The van der Waals surface area contributed by atoms with Gasteiger partial charge in [-0.3, -0.25) is 0 Å². The average molecular weight is 391 g/mol. The molecule has 0 aliphatic heterocycles. The van der Waals surface area contributed by atoms with Crippen LogP contribution in [0.1, 0.15) is 25.3 Å². The lowest BCUT2D eigenvalue weighted by molar-refractivity contribution is 0.415. The molecule has 0 saturated heterocycles. The minimum Gasteiger partial charge on any atom is -0.496 e. The van der Waals surface area contributed by atoms with E-state index in [0.717, 1.165) is 17.0 Å². The summed E-state index contributed by atoms with van der Waals surface area (Å²) in [7, 11) is 3.46. The van der Waals surface area contributed by atoms with Crippen LogP contribution in [0.15, 0.2) is 27.9 Å². The van der Waals surface area contributed by atoms with E-state index < -0.39 is 0 Å². The highest BCUT2D eigenvalue weighted by Gasteiger charge is 2.15. The fourth-order valence-corrected chi connectivity index (χ4v) is 4.05. The summed E-state index contributed by atoms with van der Waals surface area (Å²) >= 11 is 3.93. The van der Waals surface area contributed by atoms with Gasteiger partial charge in [-0.25, -0.2) is 4.98 Å². The lowest BCUT2D eigenvalue weighted by Gasteiger charge is -2.15. The molecule has 0 amide bonds. The number of ether oxygens (including phenoxy) is 1. The molecule has 2 rings (SSSR count). The second-order valence-electron chi connectivity index (χ2n) is 4.20. The van der Waals surface area contributed by atoms with E-state index in [4.69, 9.17) is 4.74 Å². The molecule has 1 aromatic carbocycles. The number of methoxy groups -OCH3 is 1. The Morgan fingerprint density at radius 3 is 2.67 bits per heavy atom. The summed E-state index contributed by atoms with van der Waals surface area (Å²) in [6.45, 7) is 4.40. The highest BCUT2D eigenvalue weighted by Crippen LogP contribution is 2.41. The molecule has 0 radical (unpaired) electrons. The van der Waals surface area contributed by atoms with Gasteiger partial charge in [0.05, 0.1) is 18.3 Å². The number of aromatic nitrogens is 1. The first-order valence-corrected chi connectivity index (χ1v) is 9.86. The lowest BCUT2D eigenvalue weighted by atomic mass is 10.00. The van der Waals surface area contributed by atoms with E-state index in [1.807, 2.05) is 5.51 Å². The van der Waals surface area contributed by atoms with Crippen LogP contribution < -0.4 is 4.74 Å². The van der Waals surface area contributed by atoms with Gasteiger partial charge in [0, 0.05) is 37.0 Å². The van der Waals surface area contributed by atoms with Gasteiger partial charge in [0.1, 0.15) is 5.75 Å². The van der Waals surface area contributed by atoms with E-state index in [0.29, 0.717) is 5.92 Å². The Kier molecular flexibility index (Phi) is 4.91. The van der Waals surface area contributed by atoms with Crippen molar-refractivity contribution in [1.82, 2.24) is 4.98 Å². The summed E-state index contributed by atoms with van der Waals surface area (Å²) in [5.74, 6) is 1.39. The monoisotopic (exact) mass is 391 g/mol. The van der Waals surface area contributed by atoms with E-state index >= 15 is 0 Å². The summed E-state index contributed by atoms with van der Waals surface area (Å²) in [4.78, 5) is 5.66. The summed E-state index contributed by atoms with van der Waals surface area (Å²) in [5.41, 5.74) is 5.23. The van der Waals surface area contributed by atoms with Gasteiger partial charge in [-0.1, -0.05) is 22.8 Å². The standard InChI is InChI=1S/C13H14INOS2/c1-8(2)9-4-12(16-3)10(5-13(9)18-14)11-6-17-7-15-11/h4-8H,1-3H3. The molecule has 0 aliphatic carbocycles. The summed E-state index contributed by atoms with van der Waals surface area (Å²) in [6, 6.07) is 4.32. The Labute approximate surface area is 128 Å². The number of hydrogen-bond donors (Lipinski definition) is 0. The van der Waals surface area contributed by atoms with E-state index in [-0.39, 0.29) is 0 Å².